The Labute approximate surface area is 195 Å². The molecule has 0 fully saturated rings. The lowest BCUT2D eigenvalue weighted by Crippen LogP contribution is -2.15. The van der Waals surface area contributed by atoms with Crippen molar-refractivity contribution in [1.29, 1.82) is 0 Å². The molecule has 8 heteroatoms. The zero-order valence-corrected chi connectivity index (χ0v) is 19.6. The minimum absolute atomic E-state index is 0.222. The molecule has 0 aliphatic carbocycles. The summed E-state index contributed by atoms with van der Waals surface area (Å²) in [6.07, 6.45) is 2.78. The maximum absolute atomic E-state index is 5.94. The molecule has 0 aliphatic heterocycles. The van der Waals surface area contributed by atoms with Crippen LogP contribution in [0.2, 0.25) is 0 Å². The lowest BCUT2D eigenvalue weighted by molar-refractivity contribution is 0.273. The van der Waals surface area contributed by atoms with Crippen molar-refractivity contribution in [2.45, 2.75) is 6.42 Å². The zero-order chi connectivity index (χ0) is 22.5. The number of rotatable bonds is 8. The Bertz CT molecular complexity index is 1210. The maximum Gasteiger partial charge on any atom is 0.222 e. The number of halogens is 1. The molecule has 2 aromatic heterocycles. The van der Waals surface area contributed by atoms with Gasteiger partial charge in [-0.3, -0.25) is 0 Å². The van der Waals surface area contributed by atoms with E-state index in [2.05, 4.69) is 55.2 Å². The fourth-order valence-electron chi connectivity index (χ4n) is 3.32. The lowest BCUT2D eigenvalue weighted by atomic mass is 10.1. The number of nitrogen functional groups attached to an aromatic ring is 1. The van der Waals surface area contributed by atoms with Crippen molar-refractivity contribution in [3.05, 3.63) is 65.3 Å². The number of nitrogens with two attached hydrogens (primary N) is 1. The highest BCUT2D eigenvalue weighted by atomic mass is 79.9. The van der Waals surface area contributed by atoms with E-state index in [0.717, 1.165) is 45.2 Å². The van der Waals surface area contributed by atoms with Crippen molar-refractivity contribution in [2.75, 3.05) is 38.3 Å². The van der Waals surface area contributed by atoms with E-state index >= 15 is 0 Å². The highest BCUT2D eigenvalue weighted by Gasteiger charge is 2.10. The standard InChI is InChI=1S/C24H25BrN6O/c1-31(2)11-4-12-32-22-10-8-17(15-27-22)16-7-9-21-20(13-16)23(30-24(26)29-21)28-19-6-3-5-18(25)14-19/h3,5-10,13-15H,4,11-12H2,1-2H3,(H3,26,28,29,30). The van der Waals surface area contributed by atoms with Crippen LogP contribution in [0.3, 0.4) is 0 Å². The van der Waals surface area contributed by atoms with E-state index < -0.39 is 0 Å². The number of ether oxygens (including phenoxy) is 1. The predicted octanol–water partition coefficient (Wildman–Crippen LogP) is 5.11. The van der Waals surface area contributed by atoms with E-state index in [1.807, 2.05) is 60.8 Å². The number of hydrogen-bond donors (Lipinski definition) is 2. The van der Waals surface area contributed by atoms with Gasteiger partial charge in [0.25, 0.3) is 0 Å². The first-order chi connectivity index (χ1) is 15.5. The van der Waals surface area contributed by atoms with E-state index in [-0.39, 0.29) is 5.95 Å². The van der Waals surface area contributed by atoms with Crippen LogP contribution in [0, 0.1) is 0 Å². The van der Waals surface area contributed by atoms with Crippen LogP contribution in [-0.2, 0) is 0 Å². The van der Waals surface area contributed by atoms with E-state index in [1.165, 1.54) is 0 Å². The van der Waals surface area contributed by atoms with Gasteiger partial charge in [-0.25, -0.2) is 9.97 Å². The second kappa shape index (κ2) is 9.93. The zero-order valence-electron chi connectivity index (χ0n) is 18.0. The van der Waals surface area contributed by atoms with Gasteiger partial charge in [0.05, 0.1) is 12.1 Å². The van der Waals surface area contributed by atoms with Crippen LogP contribution in [0.5, 0.6) is 5.88 Å². The number of aromatic nitrogens is 3. The summed E-state index contributed by atoms with van der Waals surface area (Å²) in [5, 5.41) is 4.23. The monoisotopic (exact) mass is 492 g/mol. The van der Waals surface area contributed by atoms with Crippen LogP contribution in [0.15, 0.2) is 65.3 Å². The van der Waals surface area contributed by atoms with Crippen molar-refractivity contribution in [3.8, 4) is 17.0 Å². The first kappa shape index (κ1) is 22.0. The van der Waals surface area contributed by atoms with E-state index in [1.54, 1.807) is 0 Å². The summed E-state index contributed by atoms with van der Waals surface area (Å²) < 4.78 is 6.72. The molecule has 0 bridgehead atoms. The molecule has 164 valence electrons. The highest BCUT2D eigenvalue weighted by molar-refractivity contribution is 9.10. The summed E-state index contributed by atoms with van der Waals surface area (Å²) in [5.74, 6) is 1.50. The molecule has 32 heavy (non-hydrogen) atoms. The van der Waals surface area contributed by atoms with Gasteiger partial charge in [-0.15, -0.1) is 0 Å². The molecule has 0 saturated heterocycles. The molecule has 0 atom stereocenters. The SMILES string of the molecule is CN(C)CCCOc1ccc(-c2ccc3nc(N)nc(Nc4cccc(Br)c4)c3c2)cn1. The van der Waals surface area contributed by atoms with E-state index in [0.29, 0.717) is 18.3 Å². The van der Waals surface area contributed by atoms with Gasteiger partial charge in [0.2, 0.25) is 11.8 Å². The molecular formula is C24H25BrN6O. The van der Waals surface area contributed by atoms with Gasteiger partial charge >= 0.3 is 0 Å². The number of hydrogen-bond acceptors (Lipinski definition) is 7. The molecule has 2 heterocycles. The largest absolute Gasteiger partial charge is 0.478 e. The summed E-state index contributed by atoms with van der Waals surface area (Å²) in [7, 11) is 4.10. The number of anilines is 3. The molecule has 0 aliphatic rings. The molecule has 4 rings (SSSR count). The van der Waals surface area contributed by atoms with Gasteiger partial charge in [0, 0.05) is 39.9 Å². The summed E-state index contributed by atoms with van der Waals surface area (Å²) in [6.45, 7) is 1.63. The van der Waals surface area contributed by atoms with Crippen molar-refractivity contribution in [3.63, 3.8) is 0 Å². The summed E-state index contributed by atoms with van der Waals surface area (Å²) in [6, 6.07) is 17.8. The smallest absolute Gasteiger partial charge is 0.222 e. The fourth-order valence-corrected chi connectivity index (χ4v) is 3.72. The van der Waals surface area contributed by atoms with Gasteiger partial charge in [0.15, 0.2) is 0 Å². The normalized spacial score (nSPS) is 11.1. The van der Waals surface area contributed by atoms with Crippen LogP contribution < -0.4 is 15.8 Å². The molecule has 2 aromatic carbocycles. The molecule has 0 spiro atoms. The van der Waals surface area contributed by atoms with Gasteiger partial charge in [-0.2, -0.15) is 4.98 Å². The molecule has 7 nitrogen and oxygen atoms in total. The quantitative estimate of drug-likeness (QED) is 0.330. The second-order valence-electron chi connectivity index (χ2n) is 7.69. The minimum Gasteiger partial charge on any atom is -0.478 e. The third kappa shape index (κ3) is 5.52. The first-order valence-corrected chi connectivity index (χ1v) is 11.1. The van der Waals surface area contributed by atoms with E-state index in [9.17, 15) is 0 Å². The molecule has 0 unspecified atom stereocenters. The Hall–Kier alpha value is -3.23. The van der Waals surface area contributed by atoms with Crippen molar-refractivity contribution < 1.29 is 4.74 Å². The van der Waals surface area contributed by atoms with Crippen LogP contribution in [-0.4, -0.2) is 47.1 Å². The summed E-state index contributed by atoms with van der Waals surface area (Å²) in [5.41, 5.74) is 9.61. The van der Waals surface area contributed by atoms with Gasteiger partial charge in [-0.1, -0.05) is 28.1 Å². The topological polar surface area (TPSA) is 89.2 Å². The van der Waals surface area contributed by atoms with Crippen LogP contribution in [0.25, 0.3) is 22.0 Å². The van der Waals surface area contributed by atoms with Crippen LogP contribution >= 0.6 is 15.9 Å². The fraction of sp³-hybridized carbons (Fsp3) is 0.208. The van der Waals surface area contributed by atoms with E-state index in [4.69, 9.17) is 10.5 Å². The van der Waals surface area contributed by atoms with Crippen molar-refractivity contribution in [2.24, 2.45) is 0 Å². The Morgan fingerprint density at radius 3 is 2.62 bits per heavy atom. The Kier molecular flexibility index (Phi) is 6.82. The number of nitrogens with zero attached hydrogens (tertiary/aromatic N) is 4. The summed E-state index contributed by atoms with van der Waals surface area (Å²) >= 11 is 3.50. The van der Waals surface area contributed by atoms with Gasteiger partial charge in [-0.05, 0) is 62.5 Å². The van der Waals surface area contributed by atoms with Crippen molar-refractivity contribution >= 4 is 44.3 Å². The maximum atomic E-state index is 5.94. The van der Waals surface area contributed by atoms with Crippen molar-refractivity contribution in [1.82, 2.24) is 19.9 Å². The van der Waals surface area contributed by atoms with Gasteiger partial charge < -0.3 is 20.7 Å². The average Bonchev–Trinajstić information content (AvgIpc) is 2.77. The highest BCUT2D eigenvalue weighted by Crippen LogP contribution is 2.30. The number of benzene rings is 2. The average molecular weight is 493 g/mol. The van der Waals surface area contributed by atoms with Crippen LogP contribution in [0.4, 0.5) is 17.5 Å². The molecule has 0 amide bonds. The third-order valence-corrected chi connectivity index (χ3v) is 5.36. The molecule has 3 N–H and O–H groups in total. The first-order valence-electron chi connectivity index (χ1n) is 10.3. The summed E-state index contributed by atoms with van der Waals surface area (Å²) in [4.78, 5) is 15.4. The predicted molar refractivity (Wildman–Crippen MR) is 133 cm³/mol. The molecule has 4 aromatic rings. The Balaban J connectivity index is 1.58. The Morgan fingerprint density at radius 1 is 1.03 bits per heavy atom. The minimum atomic E-state index is 0.222. The Morgan fingerprint density at radius 2 is 1.88 bits per heavy atom. The lowest BCUT2D eigenvalue weighted by Gasteiger charge is -2.12. The molecular weight excluding hydrogens is 468 g/mol. The second-order valence-corrected chi connectivity index (χ2v) is 8.60. The number of pyridine rings is 1. The van der Waals surface area contributed by atoms with Gasteiger partial charge in [0.1, 0.15) is 5.82 Å². The van der Waals surface area contributed by atoms with Crippen LogP contribution in [0.1, 0.15) is 6.42 Å². The molecule has 0 saturated carbocycles. The number of nitrogens with one attached hydrogen (secondary N) is 1. The molecule has 0 radical (unpaired) electrons. The number of fused-ring (bicyclic) bond motifs is 1. The third-order valence-electron chi connectivity index (χ3n) is 4.87.